The highest BCUT2D eigenvalue weighted by molar-refractivity contribution is 8.00. The summed E-state index contributed by atoms with van der Waals surface area (Å²) in [6, 6.07) is 17.9. The van der Waals surface area contributed by atoms with Gasteiger partial charge in [0.25, 0.3) is 0 Å². The van der Waals surface area contributed by atoms with E-state index in [2.05, 4.69) is 10.3 Å². The zero-order chi connectivity index (χ0) is 23.6. The molecule has 170 valence electrons. The summed E-state index contributed by atoms with van der Waals surface area (Å²) < 4.78 is 25.9. The third-order valence-electron chi connectivity index (χ3n) is 4.85. The van der Waals surface area contributed by atoms with E-state index >= 15 is 0 Å². The molecular weight excluding hydrogens is 476 g/mol. The van der Waals surface area contributed by atoms with Crippen LogP contribution in [0, 0.1) is 0 Å². The smallest absolute Gasteiger partial charge is 0.242 e. The van der Waals surface area contributed by atoms with E-state index in [1.807, 2.05) is 41.8 Å². The molecule has 2 aromatic heterocycles. The molecule has 0 radical (unpaired) electrons. The molecule has 1 atom stereocenters. The molecule has 0 saturated carbocycles. The molecule has 0 fully saturated rings. The largest absolute Gasteiger partial charge is 0.325 e. The third-order valence-corrected chi connectivity index (χ3v) is 8.63. The van der Waals surface area contributed by atoms with Crippen LogP contribution in [0.1, 0.15) is 6.92 Å². The van der Waals surface area contributed by atoms with Gasteiger partial charge in [-0.15, -0.1) is 11.3 Å². The number of rotatable bonds is 7. The zero-order valence-corrected chi connectivity index (χ0v) is 20.7. The van der Waals surface area contributed by atoms with Crippen LogP contribution < -0.4 is 5.32 Å². The van der Waals surface area contributed by atoms with Crippen LogP contribution in [0.5, 0.6) is 0 Å². The maximum Gasteiger partial charge on any atom is 0.242 e. The second-order valence-corrected chi connectivity index (χ2v) is 11.8. The summed E-state index contributed by atoms with van der Waals surface area (Å²) in [5, 5.41) is 5.91. The van der Waals surface area contributed by atoms with E-state index in [-0.39, 0.29) is 10.8 Å². The van der Waals surface area contributed by atoms with Gasteiger partial charge in [-0.3, -0.25) is 4.79 Å². The number of sulfonamides is 1. The fourth-order valence-corrected chi connectivity index (χ4v) is 5.61. The predicted octanol–water partition coefficient (Wildman–Crippen LogP) is 4.73. The van der Waals surface area contributed by atoms with E-state index in [4.69, 9.17) is 4.98 Å². The normalized spacial score (nSPS) is 12.7. The number of anilines is 1. The van der Waals surface area contributed by atoms with Gasteiger partial charge in [-0.2, -0.15) is 0 Å². The second-order valence-electron chi connectivity index (χ2n) is 7.41. The number of benzene rings is 2. The Morgan fingerprint density at radius 1 is 1.06 bits per heavy atom. The van der Waals surface area contributed by atoms with Crippen LogP contribution in [0.25, 0.3) is 21.6 Å². The van der Waals surface area contributed by atoms with Gasteiger partial charge in [0.05, 0.1) is 20.5 Å². The molecular formula is C23H22N4O3S3. The van der Waals surface area contributed by atoms with Gasteiger partial charge in [-0.25, -0.2) is 22.7 Å². The Kier molecular flexibility index (Phi) is 6.80. The van der Waals surface area contributed by atoms with Crippen molar-refractivity contribution in [1.29, 1.82) is 0 Å². The van der Waals surface area contributed by atoms with Crippen molar-refractivity contribution >= 4 is 55.6 Å². The molecule has 4 rings (SSSR count). The molecule has 10 heteroatoms. The predicted molar refractivity (Wildman–Crippen MR) is 134 cm³/mol. The molecule has 1 amide bonds. The summed E-state index contributed by atoms with van der Waals surface area (Å²) in [6.45, 7) is 1.79. The number of para-hydroxylation sites is 1. The molecule has 1 N–H and O–H groups in total. The lowest BCUT2D eigenvalue weighted by atomic mass is 10.2. The minimum Gasteiger partial charge on any atom is -0.325 e. The van der Waals surface area contributed by atoms with Crippen LogP contribution in [-0.2, 0) is 14.8 Å². The number of aromatic nitrogens is 2. The third kappa shape index (κ3) is 5.09. The quantitative estimate of drug-likeness (QED) is 0.293. The number of amides is 1. The number of carbonyl (C=O) groups excluding carboxylic acids is 1. The number of hydrogen-bond acceptors (Lipinski definition) is 7. The number of nitrogens with one attached hydrogen (secondary N) is 1. The van der Waals surface area contributed by atoms with Gasteiger partial charge in [0.2, 0.25) is 15.9 Å². The van der Waals surface area contributed by atoms with Crippen LogP contribution >= 0.6 is 23.1 Å². The van der Waals surface area contributed by atoms with E-state index in [9.17, 15) is 13.2 Å². The lowest BCUT2D eigenvalue weighted by molar-refractivity contribution is -0.115. The van der Waals surface area contributed by atoms with Gasteiger partial charge in [-0.05, 0) is 42.6 Å². The Hall–Kier alpha value is -2.79. The standard InChI is InChI=1S/C23H22N4O3S3/c1-15(22(28)24-16-8-6-9-17(14-16)33(29,30)27(2)3)32-23-18-10-4-5-11-19(18)25-21(26-23)20-12-7-13-31-20/h4-15H,1-3H3,(H,24,28). The second kappa shape index (κ2) is 9.60. The van der Waals surface area contributed by atoms with Crippen LogP contribution in [-0.4, -0.2) is 47.9 Å². The zero-order valence-electron chi connectivity index (χ0n) is 18.2. The van der Waals surface area contributed by atoms with Crippen molar-refractivity contribution < 1.29 is 13.2 Å². The first-order chi connectivity index (χ1) is 15.8. The summed E-state index contributed by atoms with van der Waals surface area (Å²) in [4.78, 5) is 23.4. The van der Waals surface area contributed by atoms with Crippen molar-refractivity contribution in [3.63, 3.8) is 0 Å². The van der Waals surface area contributed by atoms with Gasteiger partial charge in [0, 0.05) is 25.2 Å². The highest BCUT2D eigenvalue weighted by Gasteiger charge is 2.21. The fourth-order valence-electron chi connectivity index (χ4n) is 3.06. The first-order valence-electron chi connectivity index (χ1n) is 10.1. The number of thioether (sulfide) groups is 1. The number of carbonyl (C=O) groups is 1. The van der Waals surface area contributed by atoms with E-state index in [1.54, 1.807) is 30.4 Å². The van der Waals surface area contributed by atoms with Gasteiger partial charge >= 0.3 is 0 Å². The molecule has 1 unspecified atom stereocenters. The average molecular weight is 499 g/mol. The molecule has 0 bridgehead atoms. The Morgan fingerprint density at radius 2 is 1.85 bits per heavy atom. The average Bonchev–Trinajstić information content (AvgIpc) is 3.34. The molecule has 33 heavy (non-hydrogen) atoms. The van der Waals surface area contributed by atoms with Gasteiger partial charge < -0.3 is 5.32 Å². The maximum atomic E-state index is 12.9. The van der Waals surface area contributed by atoms with Gasteiger partial charge in [0.1, 0.15) is 5.03 Å². The number of thiophene rings is 1. The number of fused-ring (bicyclic) bond motifs is 1. The Labute approximate surface area is 200 Å². The Balaban J connectivity index is 1.58. The molecule has 2 heterocycles. The lowest BCUT2D eigenvalue weighted by Crippen LogP contribution is -2.24. The summed E-state index contributed by atoms with van der Waals surface area (Å²) >= 11 is 2.90. The van der Waals surface area contributed by atoms with Crippen molar-refractivity contribution in [2.24, 2.45) is 0 Å². The lowest BCUT2D eigenvalue weighted by Gasteiger charge is -2.15. The van der Waals surface area contributed by atoms with E-state index in [0.717, 1.165) is 25.1 Å². The number of nitrogens with zero attached hydrogens (tertiary/aromatic N) is 3. The van der Waals surface area contributed by atoms with Crippen LogP contribution in [0.3, 0.4) is 0 Å². The van der Waals surface area contributed by atoms with E-state index < -0.39 is 15.3 Å². The van der Waals surface area contributed by atoms with Gasteiger partial charge in [-0.1, -0.05) is 42.1 Å². The molecule has 0 spiro atoms. The molecule has 2 aromatic carbocycles. The molecule has 4 aromatic rings. The summed E-state index contributed by atoms with van der Waals surface area (Å²) in [5.41, 5.74) is 1.23. The first-order valence-corrected chi connectivity index (χ1v) is 13.3. The maximum absolute atomic E-state index is 12.9. The highest BCUT2D eigenvalue weighted by atomic mass is 32.2. The molecule has 0 saturated heterocycles. The molecule has 0 aliphatic carbocycles. The van der Waals surface area contributed by atoms with Crippen molar-refractivity contribution in [3.05, 3.63) is 66.0 Å². The van der Waals surface area contributed by atoms with E-state index in [0.29, 0.717) is 11.5 Å². The molecule has 0 aliphatic heterocycles. The number of hydrogen-bond donors (Lipinski definition) is 1. The summed E-state index contributed by atoms with van der Waals surface area (Å²) in [5.74, 6) is 0.375. The highest BCUT2D eigenvalue weighted by Crippen LogP contribution is 2.32. The SMILES string of the molecule is CC(Sc1nc(-c2cccs2)nc2ccccc12)C(=O)Nc1cccc(S(=O)(=O)N(C)C)c1. The topological polar surface area (TPSA) is 92.3 Å². The van der Waals surface area contributed by atoms with Crippen LogP contribution in [0.4, 0.5) is 5.69 Å². The van der Waals surface area contributed by atoms with Crippen LogP contribution in [0.15, 0.2) is 76.0 Å². The van der Waals surface area contributed by atoms with Crippen molar-refractivity contribution in [2.75, 3.05) is 19.4 Å². The van der Waals surface area contributed by atoms with Crippen molar-refractivity contribution in [1.82, 2.24) is 14.3 Å². The minimum absolute atomic E-state index is 0.119. The monoisotopic (exact) mass is 498 g/mol. The minimum atomic E-state index is -3.59. The first kappa shape index (κ1) is 23.4. The van der Waals surface area contributed by atoms with Crippen molar-refractivity contribution in [3.8, 4) is 10.7 Å². The Morgan fingerprint density at radius 3 is 2.58 bits per heavy atom. The molecule has 0 aliphatic rings. The molecule has 7 nitrogen and oxygen atoms in total. The van der Waals surface area contributed by atoms with Gasteiger partial charge in [0.15, 0.2) is 5.82 Å². The summed E-state index contributed by atoms with van der Waals surface area (Å²) in [6.07, 6.45) is 0. The Bertz CT molecular complexity index is 1400. The van der Waals surface area contributed by atoms with E-state index in [1.165, 1.54) is 38.0 Å². The summed E-state index contributed by atoms with van der Waals surface area (Å²) in [7, 11) is -0.658. The van der Waals surface area contributed by atoms with Crippen molar-refractivity contribution in [2.45, 2.75) is 22.1 Å². The fraction of sp³-hybridized carbons (Fsp3) is 0.174. The van der Waals surface area contributed by atoms with Crippen LogP contribution in [0.2, 0.25) is 0 Å².